The third-order valence-corrected chi connectivity index (χ3v) is 6.98. The van der Waals surface area contributed by atoms with Crippen LogP contribution in [-0.4, -0.2) is 46.4 Å². The summed E-state index contributed by atoms with van der Waals surface area (Å²) >= 11 is 0. The Morgan fingerprint density at radius 1 is 1.28 bits per heavy atom. The van der Waals surface area contributed by atoms with Crippen molar-refractivity contribution in [2.75, 3.05) is 13.1 Å². The van der Waals surface area contributed by atoms with Gasteiger partial charge in [0.2, 0.25) is 11.8 Å². The van der Waals surface area contributed by atoms with Gasteiger partial charge >= 0.3 is 0 Å². The Kier molecular flexibility index (Phi) is 5.40. The number of aromatic nitrogens is 1. The summed E-state index contributed by atoms with van der Waals surface area (Å²) in [5.41, 5.74) is 0.231. The Bertz CT molecular complexity index is 765. The lowest BCUT2D eigenvalue weighted by Gasteiger charge is -2.55. The Balaban J connectivity index is 1.63. The molecule has 1 aliphatic carbocycles. The highest BCUT2D eigenvalue weighted by Gasteiger charge is 2.67. The minimum atomic E-state index is -0.788. The van der Waals surface area contributed by atoms with E-state index in [-0.39, 0.29) is 35.6 Å². The zero-order chi connectivity index (χ0) is 20.8. The number of pyridine rings is 1. The molecule has 6 heteroatoms. The fourth-order valence-electron chi connectivity index (χ4n) is 6.08. The number of fused-ring (bicyclic) bond motifs is 1. The fourth-order valence-corrected chi connectivity index (χ4v) is 6.08. The van der Waals surface area contributed by atoms with Crippen molar-refractivity contribution in [1.82, 2.24) is 20.5 Å². The molecule has 2 amide bonds. The van der Waals surface area contributed by atoms with Crippen LogP contribution in [0, 0.1) is 29.6 Å². The monoisotopic (exact) mass is 398 g/mol. The lowest BCUT2D eigenvalue weighted by atomic mass is 9.57. The minimum Gasteiger partial charge on any atom is -0.350 e. The van der Waals surface area contributed by atoms with E-state index in [2.05, 4.69) is 48.2 Å². The topological polar surface area (TPSA) is 74.3 Å². The van der Waals surface area contributed by atoms with E-state index in [1.54, 1.807) is 12.4 Å². The van der Waals surface area contributed by atoms with Crippen molar-refractivity contribution >= 4 is 11.8 Å². The maximum Gasteiger partial charge on any atom is 0.246 e. The van der Waals surface area contributed by atoms with Crippen molar-refractivity contribution in [1.29, 1.82) is 0 Å². The molecule has 4 heterocycles. The molecule has 1 aromatic rings. The number of rotatable bonds is 7. The van der Waals surface area contributed by atoms with Crippen molar-refractivity contribution < 1.29 is 9.59 Å². The number of likely N-dealkylation sites (tertiary alicyclic amines) is 1. The number of nitrogens with one attached hydrogen (secondary N) is 2. The first kappa shape index (κ1) is 20.3. The van der Waals surface area contributed by atoms with Gasteiger partial charge in [-0.15, -0.1) is 0 Å². The van der Waals surface area contributed by atoms with E-state index in [0.717, 1.165) is 31.5 Å². The third-order valence-electron chi connectivity index (χ3n) is 6.98. The highest BCUT2D eigenvalue weighted by molar-refractivity contribution is 5.96. The molecule has 2 N–H and O–H groups in total. The van der Waals surface area contributed by atoms with E-state index in [4.69, 9.17) is 0 Å². The normalized spacial score (nSPS) is 33.4. The van der Waals surface area contributed by atoms with Crippen molar-refractivity contribution in [2.45, 2.75) is 58.7 Å². The van der Waals surface area contributed by atoms with E-state index in [0.29, 0.717) is 18.4 Å². The summed E-state index contributed by atoms with van der Waals surface area (Å²) < 4.78 is 0. The van der Waals surface area contributed by atoms with Gasteiger partial charge in [0.15, 0.2) is 0 Å². The van der Waals surface area contributed by atoms with Gasteiger partial charge in [0.25, 0.3) is 0 Å². The molecule has 5 atom stereocenters. The zero-order valence-electron chi connectivity index (χ0n) is 18.0. The molecule has 3 saturated heterocycles. The van der Waals surface area contributed by atoms with E-state index in [9.17, 15) is 9.59 Å². The lowest BCUT2D eigenvalue weighted by molar-refractivity contribution is -0.155. The molecule has 5 rings (SSSR count). The van der Waals surface area contributed by atoms with Crippen LogP contribution in [0.15, 0.2) is 24.5 Å². The average molecular weight is 399 g/mol. The van der Waals surface area contributed by atoms with E-state index in [1.807, 2.05) is 12.1 Å². The highest BCUT2D eigenvalue weighted by atomic mass is 16.2. The van der Waals surface area contributed by atoms with E-state index < -0.39 is 5.54 Å². The summed E-state index contributed by atoms with van der Waals surface area (Å²) in [6.07, 6.45) is 5.18. The number of piperidine rings is 2. The maximum atomic E-state index is 13.6. The second-order valence-electron chi connectivity index (χ2n) is 10.1. The number of nitrogens with zero attached hydrogens (tertiary/aromatic N) is 2. The molecule has 4 fully saturated rings. The number of amides is 2. The van der Waals surface area contributed by atoms with Crippen molar-refractivity contribution in [2.24, 2.45) is 29.6 Å². The van der Waals surface area contributed by atoms with Gasteiger partial charge in [0.05, 0.1) is 5.92 Å². The van der Waals surface area contributed by atoms with Crippen LogP contribution in [0.4, 0.5) is 0 Å². The number of carbonyl (C=O) groups is 2. The fraction of sp³-hybridized carbons (Fsp3) is 0.696. The van der Waals surface area contributed by atoms with Gasteiger partial charge in [-0.2, -0.15) is 0 Å². The molecule has 6 nitrogen and oxygen atoms in total. The third kappa shape index (κ3) is 3.56. The second-order valence-corrected chi connectivity index (χ2v) is 10.1. The number of hydrogen-bond donors (Lipinski definition) is 2. The summed E-state index contributed by atoms with van der Waals surface area (Å²) in [7, 11) is 0. The van der Waals surface area contributed by atoms with Gasteiger partial charge in [0, 0.05) is 44.0 Å². The summed E-state index contributed by atoms with van der Waals surface area (Å²) in [4.78, 5) is 33.2. The van der Waals surface area contributed by atoms with Gasteiger partial charge in [-0.1, -0.05) is 27.7 Å². The molecule has 5 unspecified atom stereocenters. The van der Waals surface area contributed by atoms with E-state index >= 15 is 0 Å². The Hall–Kier alpha value is -1.95. The molecule has 4 aliphatic rings. The first-order chi connectivity index (χ1) is 13.8. The summed E-state index contributed by atoms with van der Waals surface area (Å²) in [6, 6.07) is 4.00. The Morgan fingerprint density at radius 3 is 2.66 bits per heavy atom. The standard InChI is InChI=1S/C23H34N4O2/c1-14(2)9-18-20-19-17(13-27(20)12-15(3)4)10-23(18,26-21(19)28)22(29)25-11-16-5-7-24-8-6-16/h5-8,14-15,17-20H,9-13H2,1-4H3,(H,25,29)(H,26,28). The first-order valence-electron chi connectivity index (χ1n) is 11.0. The molecule has 0 radical (unpaired) electrons. The summed E-state index contributed by atoms with van der Waals surface area (Å²) in [5.74, 6) is 1.55. The zero-order valence-corrected chi connectivity index (χ0v) is 18.0. The molecule has 0 spiro atoms. The van der Waals surface area contributed by atoms with E-state index in [1.165, 1.54) is 0 Å². The smallest absolute Gasteiger partial charge is 0.246 e. The molecule has 0 aromatic carbocycles. The first-order valence-corrected chi connectivity index (χ1v) is 11.0. The van der Waals surface area contributed by atoms with Crippen LogP contribution in [0.2, 0.25) is 0 Å². The number of hydrogen-bond acceptors (Lipinski definition) is 4. The SMILES string of the molecule is CC(C)CC1C2C3C(=O)NC1(C(=O)NCc1ccncc1)CC3CN2CC(C)C. The quantitative estimate of drug-likeness (QED) is 0.738. The molecule has 3 aliphatic heterocycles. The molecular formula is C23H34N4O2. The predicted octanol–water partition coefficient (Wildman–Crippen LogP) is 2.21. The van der Waals surface area contributed by atoms with Gasteiger partial charge in [-0.05, 0) is 48.3 Å². The Morgan fingerprint density at radius 2 is 2.00 bits per heavy atom. The molecule has 158 valence electrons. The van der Waals surface area contributed by atoms with Crippen LogP contribution in [0.5, 0.6) is 0 Å². The molecular weight excluding hydrogens is 364 g/mol. The van der Waals surface area contributed by atoms with Gasteiger partial charge < -0.3 is 10.6 Å². The van der Waals surface area contributed by atoms with Crippen LogP contribution >= 0.6 is 0 Å². The van der Waals surface area contributed by atoms with Gasteiger partial charge in [-0.3, -0.25) is 19.5 Å². The van der Waals surface area contributed by atoms with Crippen LogP contribution in [-0.2, 0) is 16.1 Å². The molecule has 29 heavy (non-hydrogen) atoms. The van der Waals surface area contributed by atoms with Gasteiger partial charge in [-0.25, -0.2) is 0 Å². The van der Waals surface area contributed by atoms with Crippen LogP contribution in [0.25, 0.3) is 0 Å². The van der Waals surface area contributed by atoms with Crippen LogP contribution in [0.1, 0.15) is 46.1 Å². The molecule has 1 saturated carbocycles. The minimum absolute atomic E-state index is 0.0205. The summed E-state index contributed by atoms with van der Waals surface area (Å²) in [5, 5.41) is 6.34. The molecule has 4 bridgehead atoms. The van der Waals surface area contributed by atoms with Crippen LogP contribution < -0.4 is 10.6 Å². The molecule has 1 aromatic heterocycles. The maximum absolute atomic E-state index is 13.6. The Labute approximate surface area is 173 Å². The van der Waals surface area contributed by atoms with Crippen molar-refractivity contribution in [3.63, 3.8) is 0 Å². The average Bonchev–Trinajstić information content (AvgIpc) is 2.96. The van der Waals surface area contributed by atoms with Gasteiger partial charge in [0.1, 0.15) is 5.54 Å². The lowest BCUT2D eigenvalue weighted by Crippen LogP contribution is -2.76. The van der Waals surface area contributed by atoms with Crippen molar-refractivity contribution in [3.05, 3.63) is 30.1 Å². The number of carbonyl (C=O) groups excluding carboxylic acids is 2. The largest absolute Gasteiger partial charge is 0.350 e. The van der Waals surface area contributed by atoms with Crippen molar-refractivity contribution in [3.8, 4) is 0 Å². The second kappa shape index (κ2) is 7.71. The summed E-state index contributed by atoms with van der Waals surface area (Å²) in [6.45, 7) is 11.3. The predicted molar refractivity (Wildman–Crippen MR) is 112 cm³/mol. The van der Waals surface area contributed by atoms with Crippen LogP contribution in [0.3, 0.4) is 0 Å². The highest BCUT2D eigenvalue weighted by Crippen LogP contribution is 2.54.